The Morgan fingerprint density at radius 1 is 0.786 bits per heavy atom. The Morgan fingerprint density at radius 2 is 1.36 bits per heavy atom. The number of hydrogen-bond acceptors (Lipinski definition) is 5. The van der Waals surface area contributed by atoms with Crippen molar-refractivity contribution in [1.29, 1.82) is 0 Å². The van der Waals surface area contributed by atoms with Crippen LogP contribution in [-0.4, -0.2) is 26.1 Å². The van der Waals surface area contributed by atoms with Crippen LogP contribution in [0.2, 0.25) is 0 Å². The molecule has 3 amide bonds. The van der Waals surface area contributed by atoms with E-state index in [1.165, 1.54) is 31.2 Å². The third-order valence-corrected chi connectivity index (χ3v) is 4.71. The van der Waals surface area contributed by atoms with Gasteiger partial charge in [0.15, 0.2) is 0 Å². The third kappa shape index (κ3) is 6.82. The summed E-state index contributed by atoms with van der Waals surface area (Å²) in [7, 11) is -3.98. The average molecular weight is 404 g/mol. The SMILES string of the molecule is CC(=O)Nc1ccc(S(=O)(=O)NNC(=O)CCC(=O)Nc2ccccc2)cc1. The van der Waals surface area contributed by atoms with Crippen molar-refractivity contribution in [1.82, 2.24) is 10.3 Å². The maximum atomic E-state index is 12.2. The first-order valence-corrected chi connectivity index (χ1v) is 9.78. The first kappa shape index (κ1) is 21.1. The van der Waals surface area contributed by atoms with Crippen molar-refractivity contribution >= 4 is 39.1 Å². The zero-order chi connectivity index (χ0) is 20.6. The van der Waals surface area contributed by atoms with Crippen LogP contribution in [0.3, 0.4) is 0 Å². The Labute approximate surface area is 162 Å². The molecule has 148 valence electrons. The van der Waals surface area contributed by atoms with Gasteiger partial charge in [0.25, 0.3) is 10.0 Å². The number of para-hydroxylation sites is 1. The molecule has 2 aromatic carbocycles. The molecule has 0 saturated carbocycles. The zero-order valence-electron chi connectivity index (χ0n) is 15.1. The molecule has 0 aliphatic heterocycles. The van der Waals surface area contributed by atoms with E-state index in [1.54, 1.807) is 24.3 Å². The van der Waals surface area contributed by atoms with Gasteiger partial charge in [0.1, 0.15) is 0 Å². The monoisotopic (exact) mass is 404 g/mol. The Bertz CT molecular complexity index is 944. The number of rotatable bonds is 8. The lowest BCUT2D eigenvalue weighted by Gasteiger charge is -2.09. The highest BCUT2D eigenvalue weighted by Crippen LogP contribution is 2.13. The number of hydrogen-bond donors (Lipinski definition) is 4. The predicted octanol–water partition coefficient (Wildman–Crippen LogP) is 1.37. The fraction of sp³-hybridized carbons (Fsp3) is 0.167. The van der Waals surface area contributed by atoms with Crippen molar-refractivity contribution < 1.29 is 22.8 Å². The lowest BCUT2D eigenvalue weighted by atomic mass is 10.2. The maximum Gasteiger partial charge on any atom is 0.257 e. The number of benzene rings is 2. The zero-order valence-corrected chi connectivity index (χ0v) is 15.9. The quantitative estimate of drug-likeness (QED) is 0.493. The summed E-state index contributed by atoms with van der Waals surface area (Å²) in [6.45, 7) is 1.34. The van der Waals surface area contributed by atoms with E-state index < -0.39 is 15.9 Å². The van der Waals surface area contributed by atoms with Crippen molar-refractivity contribution in [3.63, 3.8) is 0 Å². The number of sulfonamides is 1. The highest BCUT2D eigenvalue weighted by molar-refractivity contribution is 7.89. The summed E-state index contributed by atoms with van der Waals surface area (Å²) in [4.78, 5) is 36.4. The fourth-order valence-electron chi connectivity index (χ4n) is 2.14. The van der Waals surface area contributed by atoms with Crippen LogP contribution in [0.1, 0.15) is 19.8 Å². The van der Waals surface area contributed by atoms with Gasteiger partial charge in [0.05, 0.1) is 4.90 Å². The molecule has 4 N–H and O–H groups in total. The first-order valence-electron chi connectivity index (χ1n) is 8.29. The molecule has 0 saturated heterocycles. The Hall–Kier alpha value is -3.24. The van der Waals surface area contributed by atoms with Gasteiger partial charge >= 0.3 is 0 Å². The normalized spacial score (nSPS) is 10.8. The van der Waals surface area contributed by atoms with Crippen LogP contribution in [0.4, 0.5) is 11.4 Å². The highest BCUT2D eigenvalue weighted by atomic mass is 32.2. The minimum atomic E-state index is -3.98. The van der Waals surface area contributed by atoms with E-state index in [9.17, 15) is 22.8 Å². The average Bonchev–Trinajstić information content (AvgIpc) is 2.65. The van der Waals surface area contributed by atoms with Crippen LogP contribution < -0.4 is 20.9 Å². The predicted molar refractivity (Wildman–Crippen MR) is 104 cm³/mol. The number of carbonyl (C=O) groups excluding carboxylic acids is 3. The molecule has 0 aromatic heterocycles. The number of amides is 3. The molecule has 0 atom stereocenters. The maximum absolute atomic E-state index is 12.2. The Balaban J connectivity index is 1.80. The molecular weight excluding hydrogens is 384 g/mol. The number of anilines is 2. The van der Waals surface area contributed by atoms with Crippen molar-refractivity contribution in [3.05, 3.63) is 54.6 Å². The Kier molecular flexibility index (Phi) is 7.24. The standard InChI is InChI=1S/C18H20N4O5S/c1-13(23)19-15-7-9-16(10-8-15)28(26,27)22-21-18(25)12-11-17(24)20-14-5-3-2-4-6-14/h2-10,22H,11-12H2,1H3,(H,19,23)(H,20,24)(H,21,25). The molecule has 0 unspecified atom stereocenters. The molecule has 2 aromatic rings. The van der Waals surface area contributed by atoms with Crippen LogP contribution in [0.15, 0.2) is 59.5 Å². The Morgan fingerprint density at radius 3 is 1.96 bits per heavy atom. The number of nitrogens with one attached hydrogen (secondary N) is 4. The minimum Gasteiger partial charge on any atom is -0.326 e. The highest BCUT2D eigenvalue weighted by Gasteiger charge is 2.15. The van der Waals surface area contributed by atoms with E-state index in [0.717, 1.165) is 0 Å². The molecule has 2 rings (SSSR count). The van der Waals surface area contributed by atoms with Crippen LogP contribution >= 0.6 is 0 Å². The van der Waals surface area contributed by atoms with Gasteiger partial charge in [0, 0.05) is 31.1 Å². The van der Waals surface area contributed by atoms with Gasteiger partial charge in [-0.2, -0.15) is 0 Å². The minimum absolute atomic E-state index is 0.0938. The van der Waals surface area contributed by atoms with Gasteiger partial charge in [0.2, 0.25) is 17.7 Å². The van der Waals surface area contributed by atoms with Crippen LogP contribution in [0, 0.1) is 0 Å². The van der Waals surface area contributed by atoms with Gasteiger partial charge in [-0.1, -0.05) is 18.2 Å². The molecule has 10 heteroatoms. The molecular formula is C18H20N4O5S. The van der Waals surface area contributed by atoms with Gasteiger partial charge in [-0.15, -0.1) is 4.83 Å². The topological polar surface area (TPSA) is 133 Å². The summed E-state index contributed by atoms with van der Waals surface area (Å²) >= 11 is 0. The molecule has 0 aliphatic rings. The first-order chi connectivity index (χ1) is 13.3. The van der Waals surface area contributed by atoms with E-state index >= 15 is 0 Å². The largest absolute Gasteiger partial charge is 0.326 e. The van der Waals surface area contributed by atoms with E-state index in [1.807, 2.05) is 10.9 Å². The van der Waals surface area contributed by atoms with Gasteiger partial charge < -0.3 is 10.6 Å². The van der Waals surface area contributed by atoms with E-state index in [2.05, 4.69) is 16.1 Å². The number of carbonyl (C=O) groups is 3. The van der Waals surface area contributed by atoms with E-state index in [-0.39, 0.29) is 29.6 Å². The summed E-state index contributed by atoms with van der Waals surface area (Å²) in [6, 6.07) is 14.2. The van der Waals surface area contributed by atoms with Crippen LogP contribution in [-0.2, 0) is 24.4 Å². The summed E-state index contributed by atoms with van der Waals surface area (Å²) in [5, 5.41) is 5.14. The van der Waals surface area contributed by atoms with E-state index in [0.29, 0.717) is 11.4 Å². The van der Waals surface area contributed by atoms with Crippen molar-refractivity contribution in [3.8, 4) is 0 Å². The molecule has 0 spiro atoms. The molecule has 0 heterocycles. The third-order valence-electron chi connectivity index (χ3n) is 3.45. The lowest BCUT2D eigenvalue weighted by molar-refractivity contribution is -0.124. The number of hydrazine groups is 1. The summed E-state index contributed by atoms with van der Waals surface area (Å²) < 4.78 is 24.3. The van der Waals surface area contributed by atoms with Crippen LogP contribution in [0.5, 0.6) is 0 Å². The summed E-state index contributed by atoms with van der Waals surface area (Å²) in [6.07, 6.45) is -0.295. The second kappa shape index (κ2) is 9.62. The van der Waals surface area contributed by atoms with Crippen molar-refractivity contribution in [2.45, 2.75) is 24.7 Å². The van der Waals surface area contributed by atoms with Gasteiger partial charge in [-0.25, -0.2) is 8.42 Å². The lowest BCUT2D eigenvalue weighted by Crippen LogP contribution is -2.41. The second-order valence-corrected chi connectivity index (χ2v) is 7.46. The van der Waals surface area contributed by atoms with Gasteiger partial charge in [-0.05, 0) is 36.4 Å². The summed E-state index contributed by atoms with van der Waals surface area (Å²) in [5.41, 5.74) is 3.11. The smallest absolute Gasteiger partial charge is 0.257 e. The molecule has 0 radical (unpaired) electrons. The molecule has 28 heavy (non-hydrogen) atoms. The molecule has 0 bridgehead atoms. The molecule has 9 nitrogen and oxygen atoms in total. The van der Waals surface area contributed by atoms with Crippen molar-refractivity contribution in [2.24, 2.45) is 0 Å². The fourth-order valence-corrected chi connectivity index (χ4v) is 3.00. The van der Waals surface area contributed by atoms with Crippen molar-refractivity contribution in [2.75, 3.05) is 10.6 Å². The summed E-state index contributed by atoms with van der Waals surface area (Å²) in [5.74, 6) is -1.29. The van der Waals surface area contributed by atoms with Gasteiger partial charge in [-0.3, -0.25) is 19.8 Å². The van der Waals surface area contributed by atoms with Crippen LogP contribution in [0.25, 0.3) is 0 Å². The molecule has 0 aliphatic carbocycles. The second-order valence-electron chi connectivity index (χ2n) is 5.77. The van der Waals surface area contributed by atoms with E-state index in [4.69, 9.17) is 0 Å². The molecule has 0 fully saturated rings.